The first-order chi connectivity index (χ1) is 17.7. The molecule has 0 unspecified atom stereocenters. The fraction of sp³-hybridized carbons (Fsp3) is 0.333. The number of hydrogen-bond donors (Lipinski definition) is 2. The number of nitrogens with one attached hydrogen (secondary N) is 2. The third kappa shape index (κ3) is 7.87. The second kappa shape index (κ2) is 13.3. The van der Waals surface area contributed by atoms with Crippen molar-refractivity contribution in [3.8, 4) is 5.75 Å². The van der Waals surface area contributed by atoms with Gasteiger partial charge >= 0.3 is 0 Å². The van der Waals surface area contributed by atoms with Crippen molar-refractivity contribution in [3.05, 3.63) is 90.0 Å². The molecule has 1 aliphatic rings. The summed E-state index contributed by atoms with van der Waals surface area (Å²) in [5, 5.41) is 6.03. The van der Waals surface area contributed by atoms with Crippen LogP contribution in [0.25, 0.3) is 0 Å². The summed E-state index contributed by atoms with van der Waals surface area (Å²) in [5.74, 6) is 0.688. The summed E-state index contributed by atoms with van der Waals surface area (Å²) in [6.45, 7) is 2.41. The summed E-state index contributed by atoms with van der Waals surface area (Å²) >= 11 is 0. The third-order valence-corrected chi connectivity index (χ3v) is 6.32. The number of nitrogens with zero attached hydrogens (tertiary/aromatic N) is 1. The van der Waals surface area contributed by atoms with Crippen molar-refractivity contribution in [1.82, 2.24) is 4.90 Å². The Kier molecular flexibility index (Phi) is 9.37. The van der Waals surface area contributed by atoms with E-state index in [9.17, 15) is 9.59 Å². The minimum Gasteiger partial charge on any atom is -0.494 e. The van der Waals surface area contributed by atoms with E-state index in [2.05, 4.69) is 34.9 Å². The maximum absolute atomic E-state index is 12.7. The van der Waals surface area contributed by atoms with Gasteiger partial charge in [0.2, 0.25) is 5.91 Å². The second-order valence-corrected chi connectivity index (χ2v) is 9.15. The van der Waals surface area contributed by atoms with Crippen molar-refractivity contribution in [1.29, 1.82) is 0 Å². The molecule has 0 aromatic heterocycles. The van der Waals surface area contributed by atoms with Gasteiger partial charge in [-0.15, -0.1) is 0 Å². The SMILES string of the molecule is O=C(CNc1cccc(OCCCc2ccccc2)c1)Nc1ccc(C(=O)N2CCCCCC2)cc1. The molecule has 3 aromatic rings. The summed E-state index contributed by atoms with van der Waals surface area (Å²) in [4.78, 5) is 27.1. The normalized spacial score (nSPS) is 13.5. The molecule has 0 saturated carbocycles. The van der Waals surface area contributed by atoms with E-state index in [-0.39, 0.29) is 18.4 Å². The van der Waals surface area contributed by atoms with Gasteiger partial charge in [0.05, 0.1) is 13.2 Å². The van der Waals surface area contributed by atoms with Gasteiger partial charge in [-0.2, -0.15) is 0 Å². The Balaban J connectivity index is 1.19. The van der Waals surface area contributed by atoms with Crippen molar-refractivity contribution in [2.45, 2.75) is 38.5 Å². The Labute approximate surface area is 213 Å². The standard InChI is InChI=1S/C30H35N3O3/c34-29(32-26-17-15-25(16-18-26)30(35)33-19-6-1-2-7-20-33)23-31-27-13-8-14-28(22-27)36-21-9-12-24-10-4-3-5-11-24/h3-5,8,10-11,13-18,22,31H,1-2,6-7,9,12,19-21,23H2,(H,32,34). The van der Waals surface area contributed by atoms with Crippen LogP contribution in [0.1, 0.15) is 48.0 Å². The van der Waals surface area contributed by atoms with E-state index in [0.717, 1.165) is 50.2 Å². The van der Waals surface area contributed by atoms with Crippen LogP contribution >= 0.6 is 0 Å². The zero-order valence-electron chi connectivity index (χ0n) is 20.7. The molecule has 0 spiro atoms. The minimum atomic E-state index is -0.157. The highest BCUT2D eigenvalue weighted by Crippen LogP contribution is 2.18. The number of benzene rings is 3. The molecule has 4 rings (SSSR count). The number of amides is 2. The Morgan fingerprint density at radius 1 is 0.806 bits per heavy atom. The predicted molar refractivity (Wildman–Crippen MR) is 145 cm³/mol. The number of carbonyl (C=O) groups is 2. The van der Waals surface area contributed by atoms with Crippen LogP contribution in [-0.2, 0) is 11.2 Å². The van der Waals surface area contributed by atoms with E-state index < -0.39 is 0 Å². The van der Waals surface area contributed by atoms with E-state index in [1.54, 1.807) is 24.3 Å². The van der Waals surface area contributed by atoms with Crippen LogP contribution in [0.3, 0.4) is 0 Å². The lowest BCUT2D eigenvalue weighted by Gasteiger charge is -2.20. The zero-order valence-corrected chi connectivity index (χ0v) is 20.7. The molecule has 3 aromatic carbocycles. The van der Waals surface area contributed by atoms with Gasteiger partial charge in [0.1, 0.15) is 5.75 Å². The van der Waals surface area contributed by atoms with Crippen LogP contribution in [-0.4, -0.2) is 43.0 Å². The summed E-state index contributed by atoms with van der Waals surface area (Å²) in [6.07, 6.45) is 6.43. The number of rotatable bonds is 10. The first-order valence-electron chi connectivity index (χ1n) is 12.9. The van der Waals surface area contributed by atoms with Crippen LogP contribution in [0.4, 0.5) is 11.4 Å². The molecule has 6 nitrogen and oxygen atoms in total. The van der Waals surface area contributed by atoms with Crippen molar-refractivity contribution >= 4 is 23.2 Å². The minimum absolute atomic E-state index is 0.0682. The van der Waals surface area contributed by atoms with Gasteiger partial charge in [0.15, 0.2) is 0 Å². The monoisotopic (exact) mass is 485 g/mol. The number of likely N-dealkylation sites (tertiary alicyclic amines) is 1. The highest BCUT2D eigenvalue weighted by Gasteiger charge is 2.17. The molecule has 1 heterocycles. The van der Waals surface area contributed by atoms with Crippen molar-refractivity contribution in [3.63, 3.8) is 0 Å². The van der Waals surface area contributed by atoms with E-state index in [1.807, 2.05) is 35.2 Å². The molecule has 1 aliphatic heterocycles. The number of carbonyl (C=O) groups excluding carboxylic acids is 2. The zero-order chi connectivity index (χ0) is 25.0. The molecule has 0 aliphatic carbocycles. The Morgan fingerprint density at radius 2 is 1.56 bits per heavy atom. The summed E-state index contributed by atoms with van der Waals surface area (Å²) in [5.41, 5.74) is 3.46. The van der Waals surface area contributed by atoms with Gasteiger partial charge in [-0.05, 0) is 67.6 Å². The fourth-order valence-electron chi connectivity index (χ4n) is 4.35. The van der Waals surface area contributed by atoms with Gasteiger partial charge in [0.25, 0.3) is 5.91 Å². The Morgan fingerprint density at radius 3 is 2.31 bits per heavy atom. The van der Waals surface area contributed by atoms with Gasteiger partial charge in [-0.3, -0.25) is 9.59 Å². The molecule has 1 fully saturated rings. The average Bonchev–Trinajstić information content (AvgIpc) is 3.21. The number of hydrogen-bond acceptors (Lipinski definition) is 4. The van der Waals surface area contributed by atoms with Crippen molar-refractivity contribution < 1.29 is 14.3 Å². The van der Waals surface area contributed by atoms with Crippen molar-refractivity contribution in [2.24, 2.45) is 0 Å². The Bertz CT molecular complexity index is 1110. The lowest BCUT2D eigenvalue weighted by molar-refractivity contribution is -0.114. The number of anilines is 2. The highest BCUT2D eigenvalue weighted by molar-refractivity contribution is 5.96. The van der Waals surface area contributed by atoms with Crippen LogP contribution in [0, 0.1) is 0 Å². The molecule has 188 valence electrons. The summed E-state index contributed by atoms with van der Waals surface area (Å²) in [7, 11) is 0. The quantitative estimate of drug-likeness (QED) is 0.358. The van der Waals surface area contributed by atoms with Crippen LogP contribution in [0.5, 0.6) is 5.75 Å². The molecular formula is C30H35N3O3. The van der Waals surface area contributed by atoms with Crippen molar-refractivity contribution in [2.75, 3.05) is 36.9 Å². The molecule has 2 N–H and O–H groups in total. The maximum Gasteiger partial charge on any atom is 0.253 e. The average molecular weight is 486 g/mol. The lowest BCUT2D eigenvalue weighted by atomic mass is 10.1. The van der Waals surface area contributed by atoms with E-state index in [4.69, 9.17) is 4.74 Å². The molecular weight excluding hydrogens is 450 g/mol. The smallest absolute Gasteiger partial charge is 0.253 e. The molecule has 36 heavy (non-hydrogen) atoms. The largest absolute Gasteiger partial charge is 0.494 e. The second-order valence-electron chi connectivity index (χ2n) is 9.15. The lowest BCUT2D eigenvalue weighted by Crippen LogP contribution is -2.31. The first kappa shape index (κ1) is 25.3. The molecule has 0 atom stereocenters. The maximum atomic E-state index is 12.7. The van der Waals surface area contributed by atoms with Crippen LogP contribution in [0.2, 0.25) is 0 Å². The number of aryl methyl sites for hydroxylation is 1. The van der Waals surface area contributed by atoms with E-state index in [1.165, 1.54) is 18.4 Å². The van der Waals surface area contributed by atoms with Gasteiger partial charge in [-0.1, -0.05) is 49.2 Å². The molecule has 0 bridgehead atoms. The summed E-state index contributed by atoms with van der Waals surface area (Å²) < 4.78 is 5.88. The molecule has 1 saturated heterocycles. The topological polar surface area (TPSA) is 70.7 Å². The van der Waals surface area contributed by atoms with Crippen LogP contribution < -0.4 is 15.4 Å². The molecule has 2 amide bonds. The Hall–Kier alpha value is -3.80. The van der Waals surface area contributed by atoms with Gasteiger partial charge in [-0.25, -0.2) is 0 Å². The number of ether oxygens (including phenoxy) is 1. The highest BCUT2D eigenvalue weighted by atomic mass is 16.5. The van der Waals surface area contributed by atoms with E-state index in [0.29, 0.717) is 17.9 Å². The van der Waals surface area contributed by atoms with Gasteiger partial charge in [0, 0.05) is 36.1 Å². The summed E-state index contributed by atoms with van der Waals surface area (Å²) in [6, 6.07) is 25.2. The molecule has 0 radical (unpaired) electrons. The molecule has 6 heteroatoms. The van der Waals surface area contributed by atoms with Crippen LogP contribution in [0.15, 0.2) is 78.9 Å². The fourth-order valence-corrected chi connectivity index (χ4v) is 4.35. The van der Waals surface area contributed by atoms with Gasteiger partial charge < -0.3 is 20.3 Å². The van der Waals surface area contributed by atoms with E-state index >= 15 is 0 Å². The predicted octanol–water partition coefficient (Wildman–Crippen LogP) is 5.77. The first-order valence-corrected chi connectivity index (χ1v) is 12.9. The third-order valence-electron chi connectivity index (χ3n) is 6.32.